The van der Waals surface area contributed by atoms with Crippen molar-refractivity contribution in [1.82, 2.24) is 4.90 Å². The minimum Gasteiger partial charge on any atom is -0.486 e. The summed E-state index contributed by atoms with van der Waals surface area (Å²) in [5.74, 6) is 1.69. The van der Waals surface area contributed by atoms with Gasteiger partial charge in [0.2, 0.25) is 5.91 Å². The summed E-state index contributed by atoms with van der Waals surface area (Å²) in [6.07, 6.45) is 4.66. The molecule has 2 N–H and O–H groups in total. The number of carbonyl (C=O) groups excluding carboxylic acids is 1. The van der Waals surface area contributed by atoms with Crippen LogP contribution in [-0.4, -0.2) is 36.6 Å². The van der Waals surface area contributed by atoms with Crippen molar-refractivity contribution in [2.75, 3.05) is 19.8 Å². The van der Waals surface area contributed by atoms with Gasteiger partial charge in [-0.3, -0.25) is 4.79 Å². The molecule has 1 unspecified atom stereocenters. The van der Waals surface area contributed by atoms with Crippen molar-refractivity contribution >= 4 is 5.91 Å². The van der Waals surface area contributed by atoms with Crippen LogP contribution >= 0.6 is 0 Å². The molecule has 1 saturated carbocycles. The molecule has 2 heterocycles. The van der Waals surface area contributed by atoms with Gasteiger partial charge in [-0.25, -0.2) is 0 Å². The van der Waals surface area contributed by atoms with Crippen LogP contribution in [0.1, 0.15) is 56.7 Å². The smallest absolute Gasteiger partial charge is 0.239 e. The summed E-state index contributed by atoms with van der Waals surface area (Å²) in [5.41, 5.74) is 8.50. The van der Waals surface area contributed by atoms with E-state index in [0.717, 1.165) is 30.9 Å². The van der Waals surface area contributed by atoms with Gasteiger partial charge in [-0.05, 0) is 49.9 Å². The molecule has 130 valence electrons. The molecular weight excluding hydrogens is 304 g/mol. The lowest BCUT2D eigenvalue weighted by Gasteiger charge is -2.47. The Hall–Kier alpha value is -1.75. The average Bonchev–Trinajstić information content (AvgIpc) is 3.05. The highest BCUT2D eigenvalue weighted by Crippen LogP contribution is 2.51. The topological polar surface area (TPSA) is 64.8 Å². The Morgan fingerprint density at radius 3 is 2.50 bits per heavy atom. The number of nitrogens with two attached hydrogens (primary N) is 1. The van der Waals surface area contributed by atoms with Crippen LogP contribution in [0.3, 0.4) is 0 Å². The molecule has 4 rings (SSSR count). The van der Waals surface area contributed by atoms with E-state index in [1.54, 1.807) is 6.92 Å². The number of hydrogen-bond acceptors (Lipinski definition) is 4. The molecule has 2 atom stereocenters. The summed E-state index contributed by atoms with van der Waals surface area (Å²) in [5, 5.41) is 0. The summed E-state index contributed by atoms with van der Waals surface area (Å²) in [7, 11) is 0. The van der Waals surface area contributed by atoms with Gasteiger partial charge in [0.15, 0.2) is 11.5 Å². The second-order valence-electron chi connectivity index (χ2n) is 7.50. The van der Waals surface area contributed by atoms with Gasteiger partial charge in [-0.15, -0.1) is 0 Å². The Balaban J connectivity index is 1.84. The summed E-state index contributed by atoms with van der Waals surface area (Å²) >= 11 is 0. The monoisotopic (exact) mass is 330 g/mol. The largest absolute Gasteiger partial charge is 0.486 e. The predicted octanol–water partition coefficient (Wildman–Crippen LogP) is 2.52. The van der Waals surface area contributed by atoms with Gasteiger partial charge in [-0.1, -0.05) is 12.8 Å². The molecule has 2 aliphatic heterocycles. The third kappa shape index (κ3) is 2.29. The molecule has 1 fully saturated rings. The maximum absolute atomic E-state index is 12.7. The summed E-state index contributed by atoms with van der Waals surface area (Å²) in [4.78, 5) is 14.7. The zero-order valence-corrected chi connectivity index (χ0v) is 14.5. The molecule has 3 aliphatic rings. The molecule has 0 aromatic heterocycles. The Morgan fingerprint density at radius 2 is 1.88 bits per heavy atom. The van der Waals surface area contributed by atoms with Crippen LogP contribution in [0.25, 0.3) is 0 Å². The van der Waals surface area contributed by atoms with E-state index in [0.29, 0.717) is 13.2 Å². The predicted molar refractivity (Wildman–Crippen MR) is 91.4 cm³/mol. The second-order valence-corrected chi connectivity index (χ2v) is 7.50. The highest BCUT2D eigenvalue weighted by molar-refractivity contribution is 5.82. The second kappa shape index (κ2) is 5.66. The van der Waals surface area contributed by atoms with Crippen molar-refractivity contribution in [3.63, 3.8) is 0 Å². The first kappa shape index (κ1) is 15.8. The lowest BCUT2D eigenvalue weighted by molar-refractivity contribution is -0.136. The van der Waals surface area contributed by atoms with Crippen LogP contribution in [0, 0.1) is 0 Å². The first-order chi connectivity index (χ1) is 11.5. The van der Waals surface area contributed by atoms with Gasteiger partial charge in [-0.2, -0.15) is 0 Å². The fourth-order valence-electron chi connectivity index (χ4n) is 4.64. The van der Waals surface area contributed by atoms with Crippen molar-refractivity contribution in [2.24, 2.45) is 5.73 Å². The van der Waals surface area contributed by atoms with E-state index in [1.165, 1.54) is 24.0 Å². The first-order valence-electron chi connectivity index (χ1n) is 9.02. The molecule has 0 radical (unpaired) electrons. The van der Waals surface area contributed by atoms with E-state index in [9.17, 15) is 4.79 Å². The maximum Gasteiger partial charge on any atom is 0.239 e. The molecule has 1 aromatic rings. The van der Waals surface area contributed by atoms with Crippen LogP contribution in [0.5, 0.6) is 11.5 Å². The van der Waals surface area contributed by atoms with E-state index in [4.69, 9.17) is 15.2 Å². The first-order valence-corrected chi connectivity index (χ1v) is 9.02. The number of nitrogens with zero attached hydrogens (tertiary/aromatic N) is 1. The molecule has 1 aliphatic carbocycles. The third-order valence-electron chi connectivity index (χ3n) is 5.91. The highest BCUT2D eigenvalue weighted by atomic mass is 16.6. The lowest BCUT2D eigenvalue weighted by atomic mass is 9.71. The summed E-state index contributed by atoms with van der Waals surface area (Å²) in [6, 6.07) is 3.82. The number of benzene rings is 1. The van der Waals surface area contributed by atoms with E-state index in [-0.39, 0.29) is 17.4 Å². The number of rotatable bonds is 1. The lowest BCUT2D eigenvalue weighted by Crippen LogP contribution is -2.52. The van der Waals surface area contributed by atoms with Crippen molar-refractivity contribution < 1.29 is 14.3 Å². The van der Waals surface area contributed by atoms with Gasteiger partial charge in [0, 0.05) is 12.0 Å². The maximum atomic E-state index is 12.7. The molecule has 24 heavy (non-hydrogen) atoms. The van der Waals surface area contributed by atoms with Gasteiger partial charge in [0.25, 0.3) is 0 Å². The van der Waals surface area contributed by atoms with E-state index in [2.05, 4.69) is 19.1 Å². The molecule has 1 spiro atoms. The van der Waals surface area contributed by atoms with E-state index in [1.807, 2.05) is 4.90 Å². The molecule has 0 saturated heterocycles. The zero-order valence-electron chi connectivity index (χ0n) is 14.5. The van der Waals surface area contributed by atoms with E-state index < -0.39 is 6.04 Å². The number of ether oxygens (including phenoxy) is 2. The van der Waals surface area contributed by atoms with Gasteiger partial charge >= 0.3 is 0 Å². The fraction of sp³-hybridized carbons (Fsp3) is 0.632. The minimum absolute atomic E-state index is 0.0144. The normalized spacial score (nSPS) is 25.5. The van der Waals surface area contributed by atoms with Crippen molar-refractivity contribution in [3.05, 3.63) is 23.3 Å². The Bertz CT molecular complexity index is 665. The number of amides is 1. The molecule has 0 bridgehead atoms. The van der Waals surface area contributed by atoms with Crippen LogP contribution in [0.4, 0.5) is 0 Å². The minimum atomic E-state index is -0.468. The molecular formula is C19H26N2O3. The van der Waals surface area contributed by atoms with Crippen LogP contribution in [0.15, 0.2) is 12.1 Å². The van der Waals surface area contributed by atoms with Crippen LogP contribution in [-0.2, 0) is 10.2 Å². The molecule has 1 amide bonds. The van der Waals surface area contributed by atoms with Gasteiger partial charge in [0.1, 0.15) is 13.2 Å². The molecule has 1 aromatic carbocycles. The standard InChI is InChI=1S/C19H26N2O3/c1-12(20)18(22)21-11-19(5-3-4-6-19)15-10-17-16(23-7-8-24-17)9-14(15)13(21)2/h9-10,12-13H,3-8,11,20H2,1-2H3/t12-,13?/m0/s1. The zero-order chi connectivity index (χ0) is 16.9. The highest BCUT2D eigenvalue weighted by Gasteiger charge is 2.46. The SMILES string of the molecule is CC1c2cc3c(cc2C2(CCCC2)CN1C(=O)[C@H](C)N)OCCO3. The van der Waals surface area contributed by atoms with E-state index >= 15 is 0 Å². The Kier molecular flexibility index (Phi) is 3.71. The molecule has 5 nitrogen and oxygen atoms in total. The Morgan fingerprint density at radius 1 is 1.25 bits per heavy atom. The third-order valence-corrected chi connectivity index (χ3v) is 5.91. The van der Waals surface area contributed by atoms with Crippen LogP contribution < -0.4 is 15.2 Å². The quantitative estimate of drug-likeness (QED) is 0.859. The number of hydrogen-bond donors (Lipinski definition) is 1. The summed E-state index contributed by atoms with van der Waals surface area (Å²) in [6.45, 7) is 5.81. The van der Waals surface area contributed by atoms with Crippen molar-refractivity contribution in [1.29, 1.82) is 0 Å². The van der Waals surface area contributed by atoms with Crippen molar-refractivity contribution in [2.45, 2.75) is 57.0 Å². The number of fused-ring (bicyclic) bond motifs is 3. The van der Waals surface area contributed by atoms with Gasteiger partial charge < -0.3 is 20.1 Å². The fourth-order valence-corrected chi connectivity index (χ4v) is 4.64. The average molecular weight is 330 g/mol. The van der Waals surface area contributed by atoms with Gasteiger partial charge in [0.05, 0.1) is 12.1 Å². The molecule has 5 heteroatoms. The summed E-state index contributed by atoms with van der Waals surface area (Å²) < 4.78 is 11.6. The number of carbonyl (C=O) groups is 1. The Labute approximate surface area is 143 Å². The van der Waals surface area contributed by atoms with Crippen molar-refractivity contribution in [3.8, 4) is 11.5 Å². The van der Waals surface area contributed by atoms with Crippen LogP contribution in [0.2, 0.25) is 0 Å².